The van der Waals surface area contributed by atoms with Crippen molar-refractivity contribution >= 4 is 38.6 Å². The van der Waals surface area contributed by atoms with Crippen molar-refractivity contribution in [1.29, 1.82) is 0 Å². The van der Waals surface area contributed by atoms with Crippen molar-refractivity contribution in [3.63, 3.8) is 0 Å². The minimum Gasteiger partial charge on any atom is -0.276 e. The fourth-order valence-corrected chi connectivity index (χ4v) is 1.79. The SMILES string of the molecule is O=C(Cl)c1ccc(S(=O)(=O)NCl)cc1. The van der Waals surface area contributed by atoms with Gasteiger partial charge in [-0.15, -0.1) is 4.24 Å². The minimum atomic E-state index is -3.68. The van der Waals surface area contributed by atoms with Gasteiger partial charge < -0.3 is 0 Å². The molecule has 0 fully saturated rings. The summed E-state index contributed by atoms with van der Waals surface area (Å²) in [5, 5.41) is -0.646. The Morgan fingerprint density at radius 3 is 2.07 bits per heavy atom. The number of hydrogen-bond acceptors (Lipinski definition) is 3. The summed E-state index contributed by atoms with van der Waals surface area (Å²) in [5.41, 5.74) is 0.222. The first kappa shape index (κ1) is 11.5. The lowest BCUT2D eigenvalue weighted by atomic mass is 10.2. The predicted molar refractivity (Wildman–Crippen MR) is 52.8 cm³/mol. The van der Waals surface area contributed by atoms with Crippen molar-refractivity contribution in [3.8, 4) is 0 Å². The second-order valence-corrected chi connectivity index (χ2v) is 4.82. The van der Waals surface area contributed by atoms with Crippen LogP contribution in [0, 0.1) is 0 Å². The van der Waals surface area contributed by atoms with Crippen LogP contribution in [-0.4, -0.2) is 13.7 Å². The highest BCUT2D eigenvalue weighted by atomic mass is 35.5. The molecule has 76 valence electrons. The van der Waals surface area contributed by atoms with Gasteiger partial charge in [0, 0.05) is 5.56 Å². The lowest BCUT2D eigenvalue weighted by Gasteiger charge is -2.00. The first-order valence-corrected chi connectivity index (χ1v) is 5.63. The summed E-state index contributed by atoms with van der Waals surface area (Å²) in [7, 11) is -3.68. The molecule has 0 heterocycles. The van der Waals surface area contributed by atoms with Crippen LogP contribution < -0.4 is 4.24 Å². The maximum Gasteiger partial charge on any atom is 0.253 e. The van der Waals surface area contributed by atoms with E-state index in [1.165, 1.54) is 24.3 Å². The molecule has 0 aromatic heterocycles. The molecule has 0 amide bonds. The Morgan fingerprint density at radius 2 is 1.71 bits per heavy atom. The van der Waals surface area contributed by atoms with Gasteiger partial charge in [-0.05, 0) is 47.6 Å². The molecule has 0 aliphatic heterocycles. The van der Waals surface area contributed by atoms with Crippen LogP contribution in [0.3, 0.4) is 0 Å². The zero-order chi connectivity index (χ0) is 10.8. The minimum absolute atomic E-state index is 0.0332. The number of sulfonamides is 1. The zero-order valence-electron chi connectivity index (χ0n) is 6.70. The summed E-state index contributed by atoms with van der Waals surface area (Å²) < 4.78 is 23.9. The number of benzene rings is 1. The highest BCUT2D eigenvalue weighted by Gasteiger charge is 2.12. The van der Waals surface area contributed by atoms with Gasteiger partial charge in [0.05, 0.1) is 4.90 Å². The van der Waals surface area contributed by atoms with Crippen LogP contribution in [0.5, 0.6) is 0 Å². The Kier molecular flexibility index (Phi) is 3.49. The topological polar surface area (TPSA) is 63.2 Å². The molecule has 1 aromatic carbocycles. The van der Waals surface area contributed by atoms with Gasteiger partial charge in [0.1, 0.15) is 0 Å². The third kappa shape index (κ3) is 2.45. The summed E-state index contributed by atoms with van der Waals surface area (Å²) in [5.74, 6) is 0. The summed E-state index contributed by atoms with van der Waals surface area (Å²) in [6.07, 6.45) is 0. The van der Waals surface area contributed by atoms with Crippen molar-refractivity contribution in [1.82, 2.24) is 4.24 Å². The third-order valence-corrected chi connectivity index (χ3v) is 3.42. The van der Waals surface area contributed by atoms with E-state index in [0.717, 1.165) is 0 Å². The molecule has 0 atom stereocenters. The van der Waals surface area contributed by atoms with E-state index in [4.69, 9.17) is 23.4 Å². The Bertz CT molecular complexity index is 441. The van der Waals surface area contributed by atoms with Crippen LogP contribution >= 0.6 is 23.4 Å². The van der Waals surface area contributed by atoms with Gasteiger partial charge >= 0.3 is 0 Å². The van der Waals surface area contributed by atoms with Crippen molar-refractivity contribution in [2.24, 2.45) is 0 Å². The molecule has 4 nitrogen and oxygen atoms in total. The second kappa shape index (κ2) is 4.27. The first-order chi connectivity index (χ1) is 6.47. The van der Waals surface area contributed by atoms with Crippen molar-refractivity contribution < 1.29 is 13.2 Å². The molecule has 0 saturated carbocycles. The lowest BCUT2D eigenvalue weighted by molar-refractivity contribution is 0.108. The molecule has 0 aliphatic carbocycles. The standard InChI is InChI=1S/C7H5Cl2NO3S/c8-7(11)5-1-3-6(4-2-5)14(12,13)10-9/h1-4,10H. The molecule has 7 heteroatoms. The van der Waals surface area contributed by atoms with Gasteiger partial charge in [-0.1, -0.05) is 0 Å². The first-order valence-electron chi connectivity index (χ1n) is 3.40. The molecule has 0 radical (unpaired) electrons. The van der Waals surface area contributed by atoms with E-state index in [0.29, 0.717) is 0 Å². The molecular weight excluding hydrogens is 249 g/mol. The summed E-state index contributed by atoms with van der Waals surface area (Å²) in [6.45, 7) is 0. The maximum absolute atomic E-state index is 11.1. The lowest BCUT2D eigenvalue weighted by Crippen LogP contribution is -2.13. The number of carbonyl (C=O) groups excluding carboxylic acids is 1. The van der Waals surface area contributed by atoms with E-state index >= 15 is 0 Å². The van der Waals surface area contributed by atoms with E-state index in [2.05, 4.69) is 0 Å². The Labute approximate surface area is 91.0 Å². The maximum atomic E-state index is 11.1. The monoisotopic (exact) mass is 253 g/mol. The molecule has 14 heavy (non-hydrogen) atoms. The molecule has 1 aromatic rings. The third-order valence-electron chi connectivity index (χ3n) is 1.49. The molecule has 0 unspecified atom stereocenters. The zero-order valence-corrected chi connectivity index (χ0v) is 9.03. The van der Waals surface area contributed by atoms with Crippen LogP contribution in [0.4, 0.5) is 0 Å². The van der Waals surface area contributed by atoms with Crippen LogP contribution in [0.1, 0.15) is 10.4 Å². The van der Waals surface area contributed by atoms with Gasteiger partial charge in [0.25, 0.3) is 15.3 Å². The van der Waals surface area contributed by atoms with E-state index in [9.17, 15) is 13.2 Å². The predicted octanol–water partition coefficient (Wildman–Crippen LogP) is 1.50. The highest BCUT2D eigenvalue weighted by Crippen LogP contribution is 2.12. The molecule has 0 spiro atoms. The van der Waals surface area contributed by atoms with Gasteiger partial charge in [0.2, 0.25) is 0 Å². The Hall–Kier alpha value is -0.620. The molecule has 0 saturated heterocycles. The summed E-state index contributed by atoms with van der Waals surface area (Å²) in [6, 6.07) is 5.08. The van der Waals surface area contributed by atoms with Gasteiger partial charge in [-0.3, -0.25) is 4.79 Å². The van der Waals surface area contributed by atoms with Crippen LogP contribution in [0.2, 0.25) is 0 Å². The number of carbonyl (C=O) groups is 1. The molecule has 0 bridgehead atoms. The average Bonchev–Trinajstić information content (AvgIpc) is 2.18. The fraction of sp³-hybridized carbons (Fsp3) is 0. The van der Waals surface area contributed by atoms with Gasteiger partial charge in [-0.25, -0.2) is 8.42 Å². The second-order valence-electron chi connectivity index (χ2n) is 2.38. The van der Waals surface area contributed by atoms with Crippen LogP contribution in [0.25, 0.3) is 0 Å². The fourth-order valence-electron chi connectivity index (χ4n) is 0.810. The molecule has 1 rings (SSSR count). The van der Waals surface area contributed by atoms with E-state index in [1.54, 1.807) is 4.24 Å². The number of hydrogen-bond donors (Lipinski definition) is 1. The summed E-state index contributed by atoms with van der Waals surface area (Å²) in [4.78, 5) is 10.6. The molecule has 0 aliphatic rings. The Morgan fingerprint density at radius 1 is 1.21 bits per heavy atom. The number of rotatable bonds is 3. The quantitative estimate of drug-likeness (QED) is 0.656. The molecule has 1 N–H and O–H groups in total. The number of halogens is 2. The van der Waals surface area contributed by atoms with Crippen molar-refractivity contribution in [2.45, 2.75) is 4.90 Å². The normalized spacial score (nSPS) is 11.3. The average molecular weight is 254 g/mol. The van der Waals surface area contributed by atoms with Gasteiger partial charge in [0.15, 0.2) is 0 Å². The largest absolute Gasteiger partial charge is 0.276 e. The highest BCUT2D eigenvalue weighted by molar-refractivity contribution is 7.90. The summed E-state index contributed by atoms with van der Waals surface area (Å²) >= 11 is 10.2. The Balaban J connectivity index is 3.12. The van der Waals surface area contributed by atoms with E-state index in [1.807, 2.05) is 0 Å². The van der Waals surface area contributed by atoms with Crippen molar-refractivity contribution in [2.75, 3.05) is 0 Å². The van der Waals surface area contributed by atoms with E-state index in [-0.39, 0.29) is 10.5 Å². The molecular formula is C7H5Cl2NO3S. The van der Waals surface area contributed by atoms with Crippen LogP contribution in [0.15, 0.2) is 29.2 Å². The number of nitrogens with one attached hydrogen (secondary N) is 1. The smallest absolute Gasteiger partial charge is 0.253 e. The van der Waals surface area contributed by atoms with Crippen molar-refractivity contribution in [3.05, 3.63) is 29.8 Å². The van der Waals surface area contributed by atoms with E-state index < -0.39 is 15.3 Å². The van der Waals surface area contributed by atoms with Crippen LogP contribution in [-0.2, 0) is 10.0 Å². The van der Waals surface area contributed by atoms with Gasteiger partial charge in [-0.2, -0.15) is 0 Å².